The van der Waals surface area contributed by atoms with Crippen molar-refractivity contribution >= 4 is 15.9 Å². The third-order valence-electron chi connectivity index (χ3n) is 2.63. The van der Waals surface area contributed by atoms with Gasteiger partial charge in [0.2, 0.25) is 0 Å². The maximum atomic E-state index is 8.54. The van der Waals surface area contributed by atoms with Crippen LogP contribution in [-0.4, -0.2) is 6.54 Å². The SMILES string of the molecule is N#CCNC1(c2cccc(Br)c2)CC1. The second kappa shape index (κ2) is 3.72. The van der Waals surface area contributed by atoms with Gasteiger partial charge in [0, 0.05) is 10.0 Å². The standard InChI is InChI=1S/C11H11BrN2/c12-10-3-1-2-9(8-10)11(4-5-11)14-7-6-13/h1-3,8,14H,4-5,7H2. The topological polar surface area (TPSA) is 35.8 Å². The van der Waals surface area contributed by atoms with Gasteiger partial charge in [-0.2, -0.15) is 5.26 Å². The lowest BCUT2D eigenvalue weighted by Gasteiger charge is -2.15. The molecule has 0 amide bonds. The molecule has 1 aliphatic rings. The van der Waals surface area contributed by atoms with Crippen molar-refractivity contribution in [2.24, 2.45) is 0 Å². The Labute approximate surface area is 92.1 Å². The maximum Gasteiger partial charge on any atom is 0.0847 e. The van der Waals surface area contributed by atoms with Crippen LogP contribution < -0.4 is 5.32 Å². The van der Waals surface area contributed by atoms with Crippen LogP contribution >= 0.6 is 15.9 Å². The molecule has 14 heavy (non-hydrogen) atoms. The molecule has 0 heterocycles. The molecule has 0 spiro atoms. The van der Waals surface area contributed by atoms with Gasteiger partial charge in [-0.05, 0) is 30.5 Å². The summed E-state index contributed by atoms with van der Waals surface area (Å²) in [6.07, 6.45) is 2.26. The molecular weight excluding hydrogens is 240 g/mol. The first-order valence-electron chi connectivity index (χ1n) is 4.65. The van der Waals surface area contributed by atoms with E-state index in [2.05, 4.69) is 39.4 Å². The number of nitrogens with one attached hydrogen (secondary N) is 1. The Hall–Kier alpha value is -0.850. The van der Waals surface area contributed by atoms with Gasteiger partial charge < -0.3 is 0 Å². The van der Waals surface area contributed by atoms with Gasteiger partial charge in [-0.1, -0.05) is 28.1 Å². The van der Waals surface area contributed by atoms with E-state index in [-0.39, 0.29) is 5.54 Å². The van der Waals surface area contributed by atoms with Gasteiger partial charge in [0.05, 0.1) is 12.6 Å². The van der Waals surface area contributed by atoms with Crippen molar-refractivity contribution in [3.05, 3.63) is 34.3 Å². The van der Waals surface area contributed by atoms with E-state index >= 15 is 0 Å². The molecule has 72 valence electrons. The Morgan fingerprint density at radius 1 is 1.50 bits per heavy atom. The number of hydrogen-bond donors (Lipinski definition) is 1. The summed E-state index contributed by atoms with van der Waals surface area (Å²) in [7, 11) is 0. The van der Waals surface area contributed by atoms with Crippen molar-refractivity contribution in [3.63, 3.8) is 0 Å². The Kier molecular flexibility index (Phi) is 2.58. The van der Waals surface area contributed by atoms with Gasteiger partial charge >= 0.3 is 0 Å². The summed E-state index contributed by atoms with van der Waals surface area (Å²) in [5.41, 5.74) is 1.36. The molecule has 1 aromatic carbocycles. The van der Waals surface area contributed by atoms with Crippen molar-refractivity contribution < 1.29 is 0 Å². The number of benzene rings is 1. The molecule has 1 aliphatic carbocycles. The first kappa shape index (κ1) is 9.70. The molecule has 2 rings (SSSR count). The van der Waals surface area contributed by atoms with Crippen LogP contribution in [0.2, 0.25) is 0 Å². The highest BCUT2D eigenvalue weighted by atomic mass is 79.9. The lowest BCUT2D eigenvalue weighted by molar-refractivity contribution is 0.558. The smallest absolute Gasteiger partial charge is 0.0847 e. The second-order valence-electron chi connectivity index (χ2n) is 3.60. The Bertz CT molecular complexity index is 377. The predicted molar refractivity (Wildman–Crippen MR) is 58.7 cm³/mol. The van der Waals surface area contributed by atoms with Crippen LogP contribution in [0.3, 0.4) is 0 Å². The van der Waals surface area contributed by atoms with Gasteiger partial charge in [-0.25, -0.2) is 0 Å². The molecule has 0 radical (unpaired) electrons. The summed E-state index contributed by atoms with van der Waals surface area (Å²) in [4.78, 5) is 0. The average Bonchev–Trinajstić information content (AvgIpc) is 2.96. The summed E-state index contributed by atoms with van der Waals surface area (Å²) >= 11 is 3.46. The number of rotatable bonds is 3. The van der Waals surface area contributed by atoms with Crippen molar-refractivity contribution in [1.82, 2.24) is 5.32 Å². The van der Waals surface area contributed by atoms with E-state index in [9.17, 15) is 0 Å². The number of nitriles is 1. The third kappa shape index (κ3) is 1.82. The number of halogens is 1. The van der Waals surface area contributed by atoms with E-state index in [1.807, 2.05) is 12.1 Å². The zero-order valence-electron chi connectivity index (χ0n) is 7.76. The minimum atomic E-state index is 0.0828. The van der Waals surface area contributed by atoms with Gasteiger partial charge in [0.25, 0.3) is 0 Å². The summed E-state index contributed by atoms with van der Waals surface area (Å²) in [5, 5.41) is 11.8. The molecule has 0 aromatic heterocycles. The molecule has 0 saturated heterocycles. The minimum absolute atomic E-state index is 0.0828. The molecule has 0 unspecified atom stereocenters. The first-order chi connectivity index (χ1) is 6.77. The van der Waals surface area contributed by atoms with Crippen LogP contribution in [0.25, 0.3) is 0 Å². The summed E-state index contributed by atoms with van der Waals surface area (Å²) in [6, 6.07) is 10.4. The number of hydrogen-bond acceptors (Lipinski definition) is 2. The fourth-order valence-electron chi connectivity index (χ4n) is 1.69. The van der Waals surface area contributed by atoms with Crippen LogP contribution in [0.15, 0.2) is 28.7 Å². The Morgan fingerprint density at radius 2 is 2.29 bits per heavy atom. The molecule has 1 aromatic rings. The monoisotopic (exact) mass is 250 g/mol. The lowest BCUT2D eigenvalue weighted by atomic mass is 10.1. The number of nitrogens with zero attached hydrogens (tertiary/aromatic N) is 1. The van der Waals surface area contributed by atoms with E-state index < -0.39 is 0 Å². The van der Waals surface area contributed by atoms with Crippen molar-refractivity contribution in [2.45, 2.75) is 18.4 Å². The fraction of sp³-hybridized carbons (Fsp3) is 0.364. The van der Waals surface area contributed by atoms with Crippen molar-refractivity contribution in [1.29, 1.82) is 5.26 Å². The summed E-state index contributed by atoms with van der Waals surface area (Å²) in [5.74, 6) is 0. The fourth-order valence-corrected chi connectivity index (χ4v) is 2.09. The predicted octanol–water partition coefficient (Wildman–Crippen LogP) is 2.55. The largest absolute Gasteiger partial charge is 0.295 e. The van der Waals surface area contributed by atoms with Crippen LogP contribution in [-0.2, 0) is 5.54 Å². The van der Waals surface area contributed by atoms with Crippen molar-refractivity contribution in [2.75, 3.05) is 6.54 Å². The summed E-state index contributed by atoms with van der Waals surface area (Å²) in [6.45, 7) is 0.423. The van der Waals surface area contributed by atoms with Crippen LogP contribution in [0.4, 0.5) is 0 Å². The summed E-state index contributed by atoms with van der Waals surface area (Å²) < 4.78 is 1.10. The second-order valence-corrected chi connectivity index (χ2v) is 4.52. The molecule has 0 atom stereocenters. The van der Waals surface area contributed by atoms with Crippen LogP contribution in [0.5, 0.6) is 0 Å². The van der Waals surface area contributed by atoms with Gasteiger partial charge in [-0.3, -0.25) is 5.32 Å². The normalized spacial score (nSPS) is 17.4. The van der Waals surface area contributed by atoms with Gasteiger partial charge in [0.15, 0.2) is 0 Å². The first-order valence-corrected chi connectivity index (χ1v) is 5.44. The molecular formula is C11H11BrN2. The highest BCUT2D eigenvalue weighted by molar-refractivity contribution is 9.10. The van der Waals surface area contributed by atoms with E-state index in [4.69, 9.17) is 5.26 Å². The van der Waals surface area contributed by atoms with E-state index in [1.165, 1.54) is 5.56 Å². The molecule has 0 bridgehead atoms. The highest BCUT2D eigenvalue weighted by Crippen LogP contribution is 2.45. The van der Waals surface area contributed by atoms with E-state index in [0.29, 0.717) is 6.54 Å². The molecule has 3 heteroatoms. The Morgan fingerprint density at radius 3 is 2.86 bits per heavy atom. The van der Waals surface area contributed by atoms with E-state index in [0.717, 1.165) is 17.3 Å². The quantitative estimate of drug-likeness (QED) is 0.838. The molecule has 1 saturated carbocycles. The molecule has 2 nitrogen and oxygen atoms in total. The van der Waals surface area contributed by atoms with Gasteiger partial charge in [-0.15, -0.1) is 0 Å². The minimum Gasteiger partial charge on any atom is -0.295 e. The third-order valence-corrected chi connectivity index (χ3v) is 3.13. The average molecular weight is 251 g/mol. The van der Waals surface area contributed by atoms with Crippen LogP contribution in [0, 0.1) is 11.3 Å². The van der Waals surface area contributed by atoms with Crippen LogP contribution in [0.1, 0.15) is 18.4 Å². The molecule has 1 fully saturated rings. The van der Waals surface area contributed by atoms with E-state index in [1.54, 1.807) is 0 Å². The van der Waals surface area contributed by atoms with Crippen molar-refractivity contribution in [3.8, 4) is 6.07 Å². The maximum absolute atomic E-state index is 8.54. The zero-order chi connectivity index (χ0) is 10.0. The Balaban J connectivity index is 2.18. The molecule has 0 aliphatic heterocycles. The highest BCUT2D eigenvalue weighted by Gasteiger charge is 2.43. The zero-order valence-corrected chi connectivity index (χ0v) is 9.34. The molecule has 1 N–H and O–H groups in total. The van der Waals surface area contributed by atoms with Gasteiger partial charge in [0.1, 0.15) is 0 Å². The lowest BCUT2D eigenvalue weighted by Crippen LogP contribution is -2.29.